The average Bonchev–Trinajstić information content (AvgIpc) is 2.09. The minimum Gasteiger partial charge on any atom is -0.387 e. The Labute approximate surface area is 77.2 Å². The van der Waals surface area contributed by atoms with Gasteiger partial charge in [-0.05, 0) is 24.1 Å². The van der Waals surface area contributed by atoms with Crippen LogP contribution in [0.4, 0.5) is 0 Å². The molecule has 0 aliphatic carbocycles. The molecule has 0 unspecified atom stereocenters. The number of rotatable bonds is 2. The van der Waals surface area contributed by atoms with E-state index in [-0.39, 0.29) is 0 Å². The number of nitrogens with zero attached hydrogens (tertiary/aromatic N) is 1. The lowest BCUT2D eigenvalue weighted by atomic mass is 10.2. The molecule has 62 valence electrons. The second-order valence-corrected chi connectivity index (χ2v) is 2.83. The van der Waals surface area contributed by atoms with Gasteiger partial charge in [0.1, 0.15) is 0 Å². The minimum atomic E-state index is 0.512. The third-order valence-corrected chi connectivity index (χ3v) is 1.94. The molecule has 0 atom stereocenters. The summed E-state index contributed by atoms with van der Waals surface area (Å²) in [6, 6.07) is 5.58. The second-order valence-electron chi connectivity index (χ2n) is 2.35. The fourth-order valence-corrected chi connectivity index (χ4v) is 1.20. The topological polar surface area (TPSA) is 33.0 Å². The largest absolute Gasteiger partial charge is 0.387 e. The molecule has 3 heteroatoms. The van der Waals surface area contributed by atoms with Crippen LogP contribution in [0, 0.1) is 11.5 Å². The summed E-state index contributed by atoms with van der Waals surface area (Å²) in [6.07, 6.45) is 2.57. The van der Waals surface area contributed by atoms with Gasteiger partial charge < -0.3 is 4.74 Å². The summed E-state index contributed by atoms with van der Waals surface area (Å²) in [5, 5.41) is 8.26. The first-order valence-electron chi connectivity index (χ1n) is 3.65. The Kier molecular flexibility index (Phi) is 3.01. The number of ether oxygens (including phenoxy) is 1. The lowest BCUT2D eigenvalue weighted by molar-refractivity contribution is 0.495. The molecular formula is C9H9NOS. The van der Waals surface area contributed by atoms with E-state index in [0.29, 0.717) is 10.6 Å². The molecule has 0 aliphatic heterocycles. The normalized spacial score (nSPS) is 9.08. The Morgan fingerprint density at radius 3 is 2.83 bits per heavy atom. The summed E-state index contributed by atoms with van der Waals surface area (Å²) >= 11 is 4.18. The van der Waals surface area contributed by atoms with Gasteiger partial charge in [-0.1, -0.05) is 13.0 Å². The third kappa shape index (κ3) is 1.93. The standard InChI is InChI=1S/C9H9NOS/c1-2-7-3-4-8(11-6-10)9(12)5-7/h3-5,12H,2H2,1H3. The van der Waals surface area contributed by atoms with Gasteiger partial charge in [0.05, 0.1) is 0 Å². The highest BCUT2D eigenvalue weighted by atomic mass is 32.1. The van der Waals surface area contributed by atoms with Gasteiger partial charge in [0.2, 0.25) is 0 Å². The van der Waals surface area contributed by atoms with Gasteiger partial charge in [-0.15, -0.1) is 17.9 Å². The summed E-state index contributed by atoms with van der Waals surface area (Å²) in [6.45, 7) is 2.06. The van der Waals surface area contributed by atoms with Crippen LogP contribution >= 0.6 is 12.6 Å². The molecule has 0 saturated carbocycles. The maximum Gasteiger partial charge on any atom is 0.292 e. The molecule has 0 spiro atoms. The number of benzene rings is 1. The van der Waals surface area contributed by atoms with Crippen molar-refractivity contribution in [3.05, 3.63) is 23.8 Å². The van der Waals surface area contributed by atoms with Crippen LogP contribution in [0.3, 0.4) is 0 Å². The van der Waals surface area contributed by atoms with E-state index >= 15 is 0 Å². The lowest BCUT2D eigenvalue weighted by Gasteiger charge is -2.02. The van der Waals surface area contributed by atoms with Crippen LogP contribution < -0.4 is 4.74 Å². The number of hydrogen-bond acceptors (Lipinski definition) is 3. The maximum atomic E-state index is 8.26. The quantitative estimate of drug-likeness (QED) is 0.558. The van der Waals surface area contributed by atoms with E-state index in [1.165, 1.54) is 5.56 Å². The molecule has 0 heterocycles. The zero-order valence-corrected chi connectivity index (χ0v) is 7.64. The molecule has 0 saturated heterocycles. The fraction of sp³-hybridized carbons (Fsp3) is 0.222. The molecule has 1 rings (SSSR count). The molecule has 0 radical (unpaired) electrons. The fourth-order valence-electron chi connectivity index (χ4n) is 0.918. The monoisotopic (exact) mass is 179 g/mol. The predicted molar refractivity (Wildman–Crippen MR) is 49.3 cm³/mol. The van der Waals surface area contributed by atoms with Crippen molar-refractivity contribution in [1.29, 1.82) is 5.26 Å². The Hall–Kier alpha value is -1.14. The highest BCUT2D eigenvalue weighted by molar-refractivity contribution is 7.80. The molecule has 0 amide bonds. The molecule has 0 N–H and O–H groups in total. The molecule has 0 aromatic heterocycles. The summed E-state index contributed by atoms with van der Waals surface area (Å²) < 4.78 is 4.67. The Morgan fingerprint density at radius 2 is 2.33 bits per heavy atom. The molecule has 2 nitrogen and oxygen atoms in total. The van der Waals surface area contributed by atoms with Crippen molar-refractivity contribution in [1.82, 2.24) is 0 Å². The third-order valence-electron chi connectivity index (χ3n) is 1.59. The first kappa shape index (κ1) is 8.95. The van der Waals surface area contributed by atoms with Crippen LogP contribution in [0.5, 0.6) is 5.75 Å². The molecule has 12 heavy (non-hydrogen) atoms. The van der Waals surface area contributed by atoms with Gasteiger partial charge in [-0.3, -0.25) is 0 Å². The Balaban J connectivity index is 2.97. The number of hydrogen-bond donors (Lipinski definition) is 1. The number of aryl methyl sites for hydroxylation is 1. The average molecular weight is 179 g/mol. The van der Waals surface area contributed by atoms with Gasteiger partial charge >= 0.3 is 0 Å². The predicted octanol–water partition coefficient (Wildman–Crippen LogP) is 2.40. The van der Waals surface area contributed by atoms with Crippen LogP contribution in [0.15, 0.2) is 23.1 Å². The zero-order chi connectivity index (χ0) is 8.97. The van der Waals surface area contributed by atoms with Crippen molar-refractivity contribution < 1.29 is 4.74 Å². The summed E-state index contributed by atoms with van der Waals surface area (Å²) in [7, 11) is 0. The first-order chi connectivity index (χ1) is 5.77. The van der Waals surface area contributed by atoms with E-state index < -0.39 is 0 Å². The second kappa shape index (κ2) is 4.03. The minimum absolute atomic E-state index is 0.512. The lowest BCUT2D eigenvalue weighted by Crippen LogP contribution is -1.86. The van der Waals surface area contributed by atoms with Crippen molar-refractivity contribution >= 4 is 12.6 Å². The van der Waals surface area contributed by atoms with Gasteiger partial charge in [-0.2, -0.15) is 0 Å². The smallest absolute Gasteiger partial charge is 0.292 e. The van der Waals surface area contributed by atoms with Gasteiger partial charge in [0.25, 0.3) is 6.26 Å². The van der Waals surface area contributed by atoms with Crippen LogP contribution in [-0.2, 0) is 6.42 Å². The molecule has 0 fully saturated rings. The molecular weight excluding hydrogens is 170 g/mol. The van der Waals surface area contributed by atoms with Crippen molar-refractivity contribution in [2.75, 3.05) is 0 Å². The van der Waals surface area contributed by atoms with Gasteiger partial charge in [0.15, 0.2) is 5.75 Å². The van der Waals surface area contributed by atoms with E-state index in [0.717, 1.165) is 6.42 Å². The summed E-state index contributed by atoms with van der Waals surface area (Å²) in [5.41, 5.74) is 1.19. The Morgan fingerprint density at radius 1 is 1.58 bits per heavy atom. The van der Waals surface area contributed by atoms with Crippen LogP contribution in [0.1, 0.15) is 12.5 Å². The van der Waals surface area contributed by atoms with E-state index in [1.807, 2.05) is 12.1 Å². The van der Waals surface area contributed by atoms with Crippen LogP contribution in [0.25, 0.3) is 0 Å². The van der Waals surface area contributed by atoms with Crippen molar-refractivity contribution in [2.24, 2.45) is 0 Å². The van der Waals surface area contributed by atoms with E-state index in [4.69, 9.17) is 5.26 Å². The number of thiol groups is 1. The summed E-state index contributed by atoms with van der Waals surface area (Å²) in [4.78, 5) is 0.705. The van der Waals surface area contributed by atoms with E-state index in [1.54, 1.807) is 12.3 Å². The van der Waals surface area contributed by atoms with Crippen molar-refractivity contribution in [3.63, 3.8) is 0 Å². The SMILES string of the molecule is CCc1ccc(OC#N)c(S)c1. The maximum absolute atomic E-state index is 8.26. The van der Waals surface area contributed by atoms with Crippen LogP contribution in [0.2, 0.25) is 0 Å². The molecule has 0 bridgehead atoms. The van der Waals surface area contributed by atoms with E-state index in [9.17, 15) is 0 Å². The molecule has 1 aromatic rings. The first-order valence-corrected chi connectivity index (χ1v) is 4.10. The van der Waals surface area contributed by atoms with Crippen molar-refractivity contribution in [2.45, 2.75) is 18.2 Å². The van der Waals surface area contributed by atoms with E-state index in [2.05, 4.69) is 24.3 Å². The zero-order valence-electron chi connectivity index (χ0n) is 6.74. The highest BCUT2D eigenvalue weighted by Crippen LogP contribution is 2.23. The van der Waals surface area contributed by atoms with Crippen molar-refractivity contribution in [3.8, 4) is 12.0 Å². The Bertz CT molecular complexity index is 317. The highest BCUT2D eigenvalue weighted by Gasteiger charge is 1.99. The van der Waals surface area contributed by atoms with Gasteiger partial charge in [-0.25, -0.2) is 0 Å². The van der Waals surface area contributed by atoms with Crippen LogP contribution in [-0.4, -0.2) is 0 Å². The molecule has 1 aromatic carbocycles. The van der Waals surface area contributed by atoms with Gasteiger partial charge in [0, 0.05) is 4.90 Å². The molecule has 0 aliphatic rings. The number of nitriles is 1. The summed E-state index contributed by atoms with van der Waals surface area (Å²) in [5.74, 6) is 0.512.